The van der Waals surface area contributed by atoms with Crippen molar-refractivity contribution >= 4 is 17.2 Å². The summed E-state index contributed by atoms with van der Waals surface area (Å²) in [5, 5.41) is 4.03. The minimum absolute atomic E-state index is 0.0445. The molecular weight excluding hydrogens is 339 g/mol. The number of rotatable bonds is 3. The molecule has 0 unspecified atom stereocenters. The van der Waals surface area contributed by atoms with Gasteiger partial charge in [0.1, 0.15) is 11.4 Å². The molecule has 0 atom stereocenters. The lowest BCUT2D eigenvalue weighted by Crippen LogP contribution is -2.35. The van der Waals surface area contributed by atoms with Crippen LogP contribution in [0.4, 0.5) is 13.2 Å². The number of likely N-dealkylation sites (tertiary alicyclic amines) is 1. The summed E-state index contributed by atoms with van der Waals surface area (Å²) in [7, 11) is 0. The average Bonchev–Trinajstić information content (AvgIpc) is 3.21. The van der Waals surface area contributed by atoms with Gasteiger partial charge in [-0.05, 0) is 44.4 Å². The highest BCUT2D eigenvalue weighted by molar-refractivity contribution is 7.17. The van der Waals surface area contributed by atoms with Crippen LogP contribution in [0.15, 0.2) is 18.2 Å². The molecule has 2 aromatic heterocycles. The molecule has 24 heavy (non-hydrogen) atoms. The Balaban J connectivity index is 1.85. The van der Waals surface area contributed by atoms with Gasteiger partial charge in [0, 0.05) is 19.6 Å². The monoisotopic (exact) mass is 357 g/mol. The Kier molecular flexibility index (Phi) is 4.67. The first-order valence-electron chi connectivity index (χ1n) is 7.94. The average molecular weight is 357 g/mol. The zero-order chi connectivity index (χ0) is 17.3. The molecule has 1 fully saturated rings. The highest BCUT2D eigenvalue weighted by Crippen LogP contribution is 2.35. The van der Waals surface area contributed by atoms with Gasteiger partial charge in [-0.2, -0.15) is 18.3 Å². The Morgan fingerprint density at radius 1 is 1.25 bits per heavy atom. The zero-order valence-electron chi connectivity index (χ0n) is 13.3. The van der Waals surface area contributed by atoms with E-state index in [-0.39, 0.29) is 18.1 Å². The van der Waals surface area contributed by atoms with E-state index in [2.05, 4.69) is 5.10 Å². The highest BCUT2D eigenvalue weighted by atomic mass is 32.1. The highest BCUT2D eigenvalue weighted by Gasteiger charge is 2.35. The molecule has 0 radical (unpaired) electrons. The summed E-state index contributed by atoms with van der Waals surface area (Å²) in [5.41, 5.74) is -0.510. The summed E-state index contributed by atoms with van der Waals surface area (Å²) in [6.45, 7) is 3.25. The van der Waals surface area contributed by atoms with Gasteiger partial charge >= 0.3 is 6.18 Å². The van der Waals surface area contributed by atoms with Gasteiger partial charge in [0.05, 0.1) is 9.75 Å². The van der Waals surface area contributed by atoms with E-state index in [0.717, 1.165) is 43.1 Å². The molecule has 4 nitrogen and oxygen atoms in total. The zero-order valence-corrected chi connectivity index (χ0v) is 14.1. The summed E-state index contributed by atoms with van der Waals surface area (Å²) in [4.78, 5) is 15.4. The Morgan fingerprint density at radius 2 is 1.96 bits per heavy atom. The van der Waals surface area contributed by atoms with Crippen molar-refractivity contribution < 1.29 is 18.0 Å². The van der Waals surface area contributed by atoms with Crippen LogP contribution in [0.1, 0.15) is 41.6 Å². The number of carbonyl (C=O) groups excluding carboxylic acids is 1. The normalized spacial score (nSPS) is 15.8. The van der Waals surface area contributed by atoms with Gasteiger partial charge in [0.2, 0.25) is 0 Å². The first-order chi connectivity index (χ1) is 11.4. The third kappa shape index (κ3) is 3.33. The number of hydrogen-bond acceptors (Lipinski definition) is 3. The van der Waals surface area contributed by atoms with Crippen molar-refractivity contribution in [2.75, 3.05) is 13.1 Å². The van der Waals surface area contributed by atoms with E-state index in [4.69, 9.17) is 0 Å². The lowest BCUT2D eigenvalue weighted by Gasteiger charge is -2.26. The standard InChI is InChI=1S/C16H18F3N3OS/c1-2-22-14(16(17,18)19)10-11(20-22)12-6-7-13(24-12)15(23)21-8-4-3-5-9-21/h6-7,10H,2-5,8-9H2,1H3. The van der Waals surface area contributed by atoms with Crippen molar-refractivity contribution in [1.29, 1.82) is 0 Å². The van der Waals surface area contributed by atoms with Crippen LogP contribution in [-0.2, 0) is 12.7 Å². The van der Waals surface area contributed by atoms with Gasteiger partial charge in [-0.25, -0.2) is 0 Å². The van der Waals surface area contributed by atoms with Crippen molar-refractivity contribution in [2.24, 2.45) is 0 Å². The predicted octanol–water partition coefficient (Wildman–Crippen LogP) is 4.28. The molecule has 0 spiro atoms. The molecule has 2 aromatic rings. The molecule has 130 valence electrons. The van der Waals surface area contributed by atoms with Gasteiger partial charge in [-0.3, -0.25) is 9.48 Å². The lowest BCUT2D eigenvalue weighted by molar-refractivity contribution is -0.144. The van der Waals surface area contributed by atoms with Crippen LogP contribution in [-0.4, -0.2) is 33.7 Å². The fraction of sp³-hybridized carbons (Fsp3) is 0.500. The first-order valence-corrected chi connectivity index (χ1v) is 8.76. The lowest BCUT2D eigenvalue weighted by atomic mass is 10.1. The Morgan fingerprint density at radius 3 is 2.54 bits per heavy atom. The molecule has 0 bridgehead atoms. The second-order valence-corrected chi connectivity index (χ2v) is 6.83. The number of hydrogen-bond donors (Lipinski definition) is 0. The Labute approximate surface area is 141 Å². The molecule has 3 heterocycles. The van der Waals surface area contributed by atoms with Gasteiger partial charge in [-0.15, -0.1) is 11.3 Å². The number of piperidine rings is 1. The number of aryl methyl sites for hydroxylation is 1. The topological polar surface area (TPSA) is 38.1 Å². The van der Waals surface area contributed by atoms with Crippen molar-refractivity contribution in [2.45, 2.75) is 38.9 Å². The first kappa shape index (κ1) is 17.0. The van der Waals surface area contributed by atoms with Crippen LogP contribution < -0.4 is 0 Å². The number of nitrogens with zero attached hydrogens (tertiary/aromatic N) is 3. The molecule has 1 aliphatic heterocycles. The second-order valence-electron chi connectivity index (χ2n) is 5.75. The molecular formula is C16H18F3N3OS. The maximum atomic E-state index is 13.0. The fourth-order valence-corrected chi connectivity index (χ4v) is 3.78. The van der Waals surface area contributed by atoms with Gasteiger partial charge in [0.15, 0.2) is 0 Å². The SMILES string of the molecule is CCn1nc(-c2ccc(C(=O)N3CCCCC3)s2)cc1C(F)(F)F. The van der Waals surface area contributed by atoms with Crippen LogP contribution in [0, 0.1) is 0 Å². The van der Waals surface area contributed by atoms with E-state index in [1.807, 2.05) is 4.90 Å². The largest absolute Gasteiger partial charge is 0.433 e. The van der Waals surface area contributed by atoms with Crippen molar-refractivity contribution in [1.82, 2.24) is 14.7 Å². The quantitative estimate of drug-likeness (QED) is 0.822. The summed E-state index contributed by atoms with van der Waals surface area (Å²) in [6.07, 6.45) is -1.31. The minimum atomic E-state index is -4.44. The van der Waals surface area contributed by atoms with E-state index in [1.54, 1.807) is 19.1 Å². The van der Waals surface area contributed by atoms with Crippen LogP contribution in [0.2, 0.25) is 0 Å². The number of amides is 1. The number of carbonyl (C=O) groups is 1. The van der Waals surface area contributed by atoms with E-state index in [1.165, 1.54) is 11.3 Å². The molecule has 0 N–H and O–H groups in total. The van der Waals surface area contributed by atoms with Crippen LogP contribution in [0.3, 0.4) is 0 Å². The Hall–Kier alpha value is -1.83. The molecule has 3 rings (SSSR count). The van der Waals surface area contributed by atoms with Gasteiger partial charge in [0.25, 0.3) is 5.91 Å². The molecule has 8 heteroatoms. The van der Waals surface area contributed by atoms with Crippen molar-refractivity contribution in [3.05, 3.63) is 28.8 Å². The number of alkyl halides is 3. The third-order valence-electron chi connectivity index (χ3n) is 4.08. The van der Waals surface area contributed by atoms with Gasteiger partial charge < -0.3 is 4.90 Å². The van der Waals surface area contributed by atoms with E-state index >= 15 is 0 Å². The summed E-state index contributed by atoms with van der Waals surface area (Å²) in [6, 6.07) is 4.39. The summed E-state index contributed by atoms with van der Waals surface area (Å²) >= 11 is 1.20. The third-order valence-corrected chi connectivity index (χ3v) is 5.18. The maximum Gasteiger partial charge on any atom is 0.433 e. The predicted molar refractivity (Wildman–Crippen MR) is 86.0 cm³/mol. The number of thiophene rings is 1. The van der Waals surface area contributed by atoms with Crippen molar-refractivity contribution in [3.63, 3.8) is 0 Å². The molecule has 0 aliphatic carbocycles. The van der Waals surface area contributed by atoms with E-state index < -0.39 is 11.9 Å². The van der Waals surface area contributed by atoms with Crippen molar-refractivity contribution in [3.8, 4) is 10.6 Å². The minimum Gasteiger partial charge on any atom is -0.338 e. The molecule has 0 saturated carbocycles. The van der Waals surface area contributed by atoms with Gasteiger partial charge in [-0.1, -0.05) is 0 Å². The molecule has 1 saturated heterocycles. The van der Waals surface area contributed by atoms with E-state index in [9.17, 15) is 18.0 Å². The smallest absolute Gasteiger partial charge is 0.338 e. The number of aromatic nitrogens is 2. The molecule has 1 aliphatic rings. The number of halogens is 3. The summed E-state index contributed by atoms with van der Waals surface area (Å²) < 4.78 is 40.0. The molecule has 1 amide bonds. The van der Waals surface area contributed by atoms with Crippen LogP contribution in [0.25, 0.3) is 10.6 Å². The summed E-state index contributed by atoms with van der Waals surface area (Å²) in [5.74, 6) is -0.0445. The maximum absolute atomic E-state index is 13.0. The molecule has 0 aromatic carbocycles. The Bertz CT molecular complexity index is 729. The van der Waals surface area contributed by atoms with Crippen LogP contribution in [0.5, 0.6) is 0 Å². The fourth-order valence-electron chi connectivity index (χ4n) is 2.85. The van der Waals surface area contributed by atoms with E-state index in [0.29, 0.717) is 9.75 Å². The van der Waals surface area contributed by atoms with Crippen LogP contribution >= 0.6 is 11.3 Å². The second kappa shape index (κ2) is 6.58.